The van der Waals surface area contributed by atoms with Crippen molar-refractivity contribution in [3.05, 3.63) is 242 Å². The highest BCUT2D eigenvalue weighted by Gasteiger charge is 2.26. The van der Waals surface area contributed by atoms with Gasteiger partial charge in [0.1, 0.15) is 11.2 Å². The number of aromatic nitrogens is 1. The maximum absolute atomic E-state index is 10.1. The monoisotopic (exact) mass is 850 g/mol. The molecule has 0 saturated heterocycles. The summed E-state index contributed by atoms with van der Waals surface area (Å²) >= 11 is 0. The molecule has 0 aliphatic rings. The Morgan fingerprint density at radius 2 is 0.892 bits per heavy atom. The van der Waals surface area contributed by atoms with Crippen LogP contribution < -0.4 is 4.90 Å². The number of rotatable bonds is 7. The smallest absolute Gasteiger partial charge is 0.145 e. The molecule has 0 unspecified atom stereocenters. The van der Waals surface area contributed by atoms with E-state index in [1.54, 1.807) is 36.4 Å². The first-order valence-corrected chi connectivity index (χ1v) is 20.5. The van der Waals surface area contributed by atoms with Crippen molar-refractivity contribution in [1.82, 2.24) is 4.57 Å². The van der Waals surface area contributed by atoms with Gasteiger partial charge in [0, 0.05) is 38.5 Å². The highest BCUT2D eigenvalue weighted by molar-refractivity contribution is 6.15. The van der Waals surface area contributed by atoms with Crippen molar-refractivity contribution in [1.29, 1.82) is 0 Å². The molecule has 3 nitrogen and oxygen atoms in total. The molecule has 0 aliphatic carbocycles. The maximum atomic E-state index is 10.1. The zero-order valence-corrected chi connectivity index (χ0v) is 33.7. The van der Waals surface area contributed by atoms with E-state index in [1.165, 1.54) is 6.07 Å². The minimum Gasteiger partial charge on any atom is -0.455 e. The third-order valence-corrected chi connectivity index (χ3v) is 11.4. The van der Waals surface area contributed by atoms with E-state index < -0.39 is 188 Å². The number of fused-ring (bicyclic) bond motifs is 8. The van der Waals surface area contributed by atoms with E-state index in [1.807, 2.05) is 71.3 Å². The maximum Gasteiger partial charge on any atom is 0.145 e. The van der Waals surface area contributed by atoms with Crippen molar-refractivity contribution >= 4 is 82.4 Å². The quantitative estimate of drug-likeness (QED) is 0.159. The van der Waals surface area contributed by atoms with Crippen molar-refractivity contribution in [2.75, 3.05) is 4.90 Å². The Morgan fingerprint density at radius 1 is 0.400 bits per heavy atom. The second-order valence-electron chi connectivity index (χ2n) is 15.1. The van der Waals surface area contributed by atoms with Gasteiger partial charge in [-0.1, -0.05) is 169 Å². The third-order valence-electron chi connectivity index (χ3n) is 11.4. The van der Waals surface area contributed by atoms with E-state index in [-0.39, 0.29) is 16.8 Å². The first kappa shape index (κ1) is 21.1. The Bertz CT molecular complexity index is 4990. The van der Waals surface area contributed by atoms with Crippen LogP contribution in [0.3, 0.4) is 0 Å². The summed E-state index contributed by atoms with van der Waals surface area (Å²) in [7, 11) is 0. The van der Waals surface area contributed by atoms with Crippen LogP contribution in [0.5, 0.6) is 0 Å². The molecule has 0 atom stereocenters. The molecule has 0 spiro atoms. The summed E-state index contributed by atoms with van der Waals surface area (Å²) in [5, 5.41) is 0.945. The summed E-state index contributed by atoms with van der Waals surface area (Å²) in [5.74, 6) is 0. The molecule has 65 heavy (non-hydrogen) atoms. The lowest BCUT2D eigenvalue weighted by Gasteiger charge is -2.29. The number of nitrogens with zero attached hydrogens (tertiary/aromatic N) is 2. The van der Waals surface area contributed by atoms with Crippen molar-refractivity contribution in [3.63, 3.8) is 0 Å². The Labute approximate surface area is 407 Å². The highest BCUT2D eigenvalue weighted by atomic mass is 16.3. The Morgan fingerprint density at radius 3 is 1.49 bits per heavy atom. The fourth-order valence-corrected chi connectivity index (χ4v) is 8.54. The van der Waals surface area contributed by atoms with Crippen LogP contribution in [0.1, 0.15) is 30.2 Å². The summed E-state index contributed by atoms with van der Waals surface area (Å²) in [6.45, 7) is 0. The SMILES string of the molecule is [2H]c1c([2H])c(N(c2ccc3c(oc4ccccc43)c2-c2ccccc2-n2c3ccccc3c3ccccc32)c2c([2H])c([2H])c(-c3c([2H])c([2H])c4c([2H])c([2H])c([2H])c([2H])c4c3[2H])c([2H])c2[2H])c([2H])c([2H])c1-c1c([2H])c([2H])c2c([2H])c([2H])c([2H])c([2H])c2c1[2H]. The van der Waals surface area contributed by atoms with Gasteiger partial charge in [0.05, 0.1) is 58.1 Å². The van der Waals surface area contributed by atoms with Gasteiger partial charge in [-0.15, -0.1) is 0 Å². The van der Waals surface area contributed by atoms with Crippen LogP contribution >= 0.6 is 0 Å². The fraction of sp³-hybridized carbons (Fsp3) is 0. The van der Waals surface area contributed by atoms with Crippen molar-refractivity contribution in [3.8, 4) is 39.1 Å². The normalized spacial score (nSPS) is 16.4. The molecule has 0 amide bonds. The van der Waals surface area contributed by atoms with E-state index >= 15 is 0 Å². The van der Waals surface area contributed by atoms with Gasteiger partial charge in [-0.05, 0) is 116 Å². The molecule has 0 radical (unpaired) electrons. The van der Waals surface area contributed by atoms with Gasteiger partial charge in [0.25, 0.3) is 0 Å². The van der Waals surface area contributed by atoms with E-state index in [0.29, 0.717) is 27.6 Å². The summed E-state index contributed by atoms with van der Waals surface area (Å²) < 4.78 is 212. The van der Waals surface area contributed by atoms with Gasteiger partial charge in [0.2, 0.25) is 0 Å². The van der Waals surface area contributed by atoms with Gasteiger partial charge in [-0.25, -0.2) is 0 Å². The number of furan rings is 1. The minimum atomic E-state index is -0.956. The topological polar surface area (TPSA) is 21.3 Å². The zero-order valence-electron chi connectivity index (χ0n) is 55.7. The van der Waals surface area contributed by atoms with Crippen molar-refractivity contribution in [2.24, 2.45) is 0 Å². The van der Waals surface area contributed by atoms with E-state index in [4.69, 9.17) is 18.1 Å². The average Bonchev–Trinajstić information content (AvgIpc) is 2.39. The molecule has 2 aromatic heterocycles. The van der Waals surface area contributed by atoms with Crippen LogP contribution in [0.2, 0.25) is 0 Å². The lowest BCUT2D eigenvalue weighted by Crippen LogP contribution is -2.12. The molecule has 0 fully saturated rings. The predicted octanol–water partition coefficient (Wildman–Crippen LogP) is 17.5. The minimum absolute atomic E-state index is 0.119. The summed E-state index contributed by atoms with van der Waals surface area (Å²) in [5.41, 5.74) is -1.15. The van der Waals surface area contributed by atoms with Gasteiger partial charge in [0.15, 0.2) is 0 Å². The predicted molar refractivity (Wildman–Crippen MR) is 274 cm³/mol. The molecular formula is C62H40N2O. The molecule has 0 saturated carbocycles. The molecule has 0 bridgehead atoms. The summed E-state index contributed by atoms with van der Waals surface area (Å²) in [6, 6.07) is 14.4. The van der Waals surface area contributed by atoms with Crippen LogP contribution in [-0.4, -0.2) is 4.57 Å². The highest BCUT2D eigenvalue weighted by Crippen LogP contribution is 2.49. The number of benzene rings is 11. The van der Waals surface area contributed by atoms with Crippen molar-refractivity contribution in [2.45, 2.75) is 0 Å². The number of para-hydroxylation sites is 4. The Balaban J connectivity index is 1.19. The van der Waals surface area contributed by atoms with Crippen LogP contribution in [0.25, 0.3) is 104 Å². The second-order valence-corrected chi connectivity index (χ2v) is 15.1. The number of anilines is 3. The molecule has 2 heterocycles. The van der Waals surface area contributed by atoms with E-state index in [0.717, 1.165) is 26.7 Å². The number of hydrogen-bond acceptors (Lipinski definition) is 2. The molecule has 0 aliphatic heterocycles. The Hall–Kier alpha value is -8.66. The lowest BCUT2D eigenvalue weighted by atomic mass is 9.96. The third kappa shape index (κ3) is 6.12. The summed E-state index contributed by atoms with van der Waals surface area (Å²) in [6.07, 6.45) is 0. The Kier molecular flexibility index (Phi) is 4.88. The van der Waals surface area contributed by atoms with Gasteiger partial charge in [-0.2, -0.15) is 0 Å². The van der Waals surface area contributed by atoms with Crippen LogP contribution in [-0.2, 0) is 0 Å². The average molecular weight is 851 g/mol. The summed E-state index contributed by atoms with van der Waals surface area (Å²) in [4.78, 5) is 1.01. The molecule has 11 aromatic carbocycles. The number of hydrogen-bond donors (Lipinski definition) is 0. The zero-order chi connectivity index (χ0) is 62.0. The first-order chi connectivity index (χ1) is 41.4. The van der Waals surface area contributed by atoms with Crippen molar-refractivity contribution < 1.29 is 34.6 Å². The molecule has 3 heteroatoms. The molecule has 304 valence electrons. The van der Waals surface area contributed by atoms with Crippen LogP contribution in [0, 0.1) is 0 Å². The molecule has 13 aromatic rings. The molecule has 13 rings (SSSR count). The van der Waals surface area contributed by atoms with Crippen LogP contribution in [0.4, 0.5) is 17.1 Å². The van der Waals surface area contributed by atoms with Crippen LogP contribution in [0.15, 0.2) is 247 Å². The van der Waals surface area contributed by atoms with E-state index in [9.17, 15) is 16.4 Å². The van der Waals surface area contributed by atoms with Gasteiger partial charge >= 0.3 is 0 Å². The standard InChI is InChI=1S/C62H40N2O/c1-3-15-45-39-47(27-25-41(45)13-1)43-29-33-49(34-30-43)63(50-35-31-44(32-36-50)48-28-26-42-14-2-4-16-46(42)40-48)59-38-37-54-53-19-8-12-24-60(53)65-62(54)61(59)55-20-7-11-23-58(55)64-56-21-9-5-17-51(56)52-18-6-10-22-57(52)64/h1-40H/i1D,2D,3D,4D,13D,14D,15D,16D,25D,26D,27D,28D,29D,30D,31D,32D,33D,34D,35D,36D,39D,40D. The van der Waals surface area contributed by atoms with Gasteiger partial charge in [-0.3, -0.25) is 0 Å². The largest absolute Gasteiger partial charge is 0.455 e. The molecular weight excluding hydrogens is 789 g/mol. The van der Waals surface area contributed by atoms with E-state index in [2.05, 4.69) is 0 Å². The fourth-order valence-electron chi connectivity index (χ4n) is 8.54. The molecule has 0 N–H and O–H groups in total. The lowest BCUT2D eigenvalue weighted by molar-refractivity contribution is 0.670. The van der Waals surface area contributed by atoms with Gasteiger partial charge < -0.3 is 13.9 Å². The first-order valence-electron chi connectivity index (χ1n) is 31.5. The second kappa shape index (κ2) is 15.0.